The Labute approximate surface area is 157 Å². The molecule has 4 atom stereocenters. The topological polar surface area (TPSA) is 47.9 Å². The molecule has 1 aliphatic carbocycles. The largest absolute Gasteiger partial charge is 0.496 e. The van der Waals surface area contributed by atoms with Crippen LogP contribution in [0.1, 0.15) is 82.9 Å². The smallest absolute Gasteiger partial charge is 0.231 e. The minimum atomic E-state index is -0.538. The first kappa shape index (κ1) is 19.3. The zero-order valence-electron chi connectivity index (χ0n) is 16.9. The summed E-state index contributed by atoms with van der Waals surface area (Å²) in [4.78, 5) is 0. The Morgan fingerprint density at radius 2 is 2.04 bits per heavy atom. The average Bonchev–Trinajstić information content (AvgIpc) is 3.07. The Balaban J connectivity index is 2.05. The van der Waals surface area contributed by atoms with Crippen molar-refractivity contribution in [2.75, 3.05) is 13.9 Å². The molecule has 2 aliphatic rings. The number of aliphatic hydroxyl groups is 1. The lowest BCUT2D eigenvalue weighted by Crippen LogP contribution is -2.32. The van der Waals surface area contributed by atoms with Gasteiger partial charge in [0.1, 0.15) is 5.75 Å². The van der Waals surface area contributed by atoms with Crippen LogP contribution in [-0.4, -0.2) is 19.0 Å². The van der Waals surface area contributed by atoms with Crippen molar-refractivity contribution in [2.45, 2.75) is 71.8 Å². The lowest BCUT2D eigenvalue weighted by atomic mass is 9.67. The molecule has 4 nitrogen and oxygen atoms in total. The number of methoxy groups -OCH3 is 1. The van der Waals surface area contributed by atoms with Crippen LogP contribution in [0.3, 0.4) is 0 Å². The number of ether oxygens (including phenoxy) is 3. The van der Waals surface area contributed by atoms with Gasteiger partial charge in [-0.05, 0) is 29.7 Å². The number of rotatable bonds is 6. The summed E-state index contributed by atoms with van der Waals surface area (Å²) in [7, 11) is 1.69. The molecule has 0 radical (unpaired) electrons. The molecule has 1 aromatic carbocycles. The van der Waals surface area contributed by atoms with Crippen LogP contribution in [-0.2, 0) is 0 Å². The molecular weight excluding hydrogens is 328 g/mol. The van der Waals surface area contributed by atoms with Gasteiger partial charge in [0.15, 0.2) is 11.5 Å². The summed E-state index contributed by atoms with van der Waals surface area (Å²) >= 11 is 0. The molecule has 1 saturated carbocycles. The number of aliphatic hydroxyl groups excluding tert-OH is 1. The van der Waals surface area contributed by atoms with Crippen LogP contribution >= 0.6 is 0 Å². The van der Waals surface area contributed by atoms with Crippen LogP contribution in [0, 0.1) is 17.8 Å². The first-order valence-electron chi connectivity index (χ1n) is 10.2. The molecule has 3 unspecified atom stereocenters. The summed E-state index contributed by atoms with van der Waals surface area (Å²) in [5.41, 5.74) is 1.87. The molecule has 1 heterocycles. The fourth-order valence-electron chi connectivity index (χ4n) is 5.08. The van der Waals surface area contributed by atoms with Gasteiger partial charge in [-0.25, -0.2) is 0 Å². The van der Waals surface area contributed by atoms with Gasteiger partial charge in [-0.2, -0.15) is 0 Å². The van der Waals surface area contributed by atoms with E-state index >= 15 is 0 Å². The lowest BCUT2D eigenvalue weighted by Gasteiger charge is -2.40. The van der Waals surface area contributed by atoms with Crippen molar-refractivity contribution in [1.29, 1.82) is 0 Å². The van der Waals surface area contributed by atoms with E-state index < -0.39 is 6.10 Å². The summed E-state index contributed by atoms with van der Waals surface area (Å²) in [6.07, 6.45) is 5.47. The fraction of sp³-hybridized carbons (Fsp3) is 0.727. The number of fused-ring (bicyclic) bond motifs is 1. The summed E-state index contributed by atoms with van der Waals surface area (Å²) in [5, 5.41) is 11.5. The maximum Gasteiger partial charge on any atom is 0.231 e. The fourth-order valence-corrected chi connectivity index (χ4v) is 5.08. The second-order valence-corrected chi connectivity index (χ2v) is 8.28. The zero-order valence-corrected chi connectivity index (χ0v) is 16.9. The van der Waals surface area contributed by atoms with Gasteiger partial charge in [-0.15, -0.1) is 0 Å². The second-order valence-electron chi connectivity index (χ2n) is 8.28. The SMILES string of the molecule is CCC[C@H]1CCCC(C)C1C(O)c1cc2c(c(C(C)C)c1OC)OCO2. The maximum atomic E-state index is 11.5. The molecule has 1 aliphatic heterocycles. The van der Waals surface area contributed by atoms with Crippen LogP contribution in [0.5, 0.6) is 17.2 Å². The third kappa shape index (κ3) is 3.40. The molecular formula is C22H34O4. The first-order chi connectivity index (χ1) is 12.5. The summed E-state index contributed by atoms with van der Waals surface area (Å²) in [6.45, 7) is 9.01. The van der Waals surface area contributed by atoms with Crippen LogP contribution in [0.2, 0.25) is 0 Å². The van der Waals surface area contributed by atoms with Crippen molar-refractivity contribution in [2.24, 2.45) is 17.8 Å². The monoisotopic (exact) mass is 362 g/mol. The summed E-state index contributed by atoms with van der Waals surface area (Å²) in [6, 6.07) is 1.95. The number of benzene rings is 1. The molecule has 0 saturated heterocycles. The van der Waals surface area contributed by atoms with Gasteiger partial charge in [0.05, 0.1) is 13.2 Å². The van der Waals surface area contributed by atoms with Crippen molar-refractivity contribution in [1.82, 2.24) is 0 Å². The zero-order chi connectivity index (χ0) is 18.8. The molecule has 1 fully saturated rings. The van der Waals surface area contributed by atoms with E-state index in [9.17, 15) is 5.11 Å². The highest BCUT2D eigenvalue weighted by atomic mass is 16.7. The quantitative estimate of drug-likeness (QED) is 0.733. The highest BCUT2D eigenvalue weighted by Crippen LogP contribution is 2.52. The van der Waals surface area contributed by atoms with Crippen LogP contribution < -0.4 is 14.2 Å². The third-order valence-electron chi connectivity index (χ3n) is 6.24. The van der Waals surface area contributed by atoms with Crippen LogP contribution in [0.15, 0.2) is 6.07 Å². The minimum Gasteiger partial charge on any atom is -0.496 e. The Kier molecular flexibility index (Phi) is 6.01. The highest BCUT2D eigenvalue weighted by molar-refractivity contribution is 5.61. The number of hydrogen-bond acceptors (Lipinski definition) is 4. The van der Waals surface area contributed by atoms with E-state index in [1.54, 1.807) is 7.11 Å². The molecule has 0 spiro atoms. The standard InChI is InChI=1S/C22H34O4/c1-6-8-15-10-7-9-14(4)19(15)20(23)16-11-17-22(26-12-25-17)18(13(2)3)21(16)24-5/h11,13-15,19-20,23H,6-10,12H2,1-5H3/t14?,15-,19?,20?/m0/s1. The maximum absolute atomic E-state index is 11.5. The third-order valence-corrected chi connectivity index (χ3v) is 6.24. The summed E-state index contributed by atoms with van der Waals surface area (Å²) < 4.78 is 17.2. The van der Waals surface area contributed by atoms with E-state index in [2.05, 4.69) is 27.7 Å². The molecule has 1 aromatic rings. The van der Waals surface area contributed by atoms with Crippen molar-refractivity contribution in [3.63, 3.8) is 0 Å². The average molecular weight is 363 g/mol. The van der Waals surface area contributed by atoms with Gasteiger partial charge >= 0.3 is 0 Å². The molecule has 0 bridgehead atoms. The van der Waals surface area contributed by atoms with E-state index in [-0.39, 0.29) is 18.6 Å². The molecule has 4 heteroatoms. The second kappa shape index (κ2) is 8.08. The van der Waals surface area contributed by atoms with Crippen molar-refractivity contribution >= 4 is 0 Å². The number of hydrogen-bond donors (Lipinski definition) is 1. The molecule has 0 amide bonds. The Hall–Kier alpha value is -1.42. The van der Waals surface area contributed by atoms with Gasteiger partial charge in [-0.1, -0.05) is 59.8 Å². The van der Waals surface area contributed by atoms with Gasteiger partial charge in [0.2, 0.25) is 6.79 Å². The normalized spacial score (nSPS) is 26.2. The molecule has 0 aromatic heterocycles. The van der Waals surface area contributed by atoms with E-state index in [1.807, 2.05) is 6.07 Å². The summed E-state index contributed by atoms with van der Waals surface area (Å²) in [5.74, 6) is 3.84. The lowest BCUT2D eigenvalue weighted by molar-refractivity contribution is 0.00839. The predicted octanol–water partition coefficient (Wildman–Crippen LogP) is 5.43. The van der Waals surface area contributed by atoms with Crippen molar-refractivity contribution < 1.29 is 19.3 Å². The Morgan fingerprint density at radius 3 is 2.69 bits per heavy atom. The van der Waals surface area contributed by atoms with Gasteiger partial charge in [-0.3, -0.25) is 0 Å². The molecule has 3 rings (SSSR count). The van der Waals surface area contributed by atoms with Crippen molar-refractivity contribution in [3.8, 4) is 17.2 Å². The van der Waals surface area contributed by atoms with Gasteiger partial charge in [0, 0.05) is 11.1 Å². The minimum absolute atomic E-state index is 0.225. The van der Waals surface area contributed by atoms with Crippen LogP contribution in [0.4, 0.5) is 0 Å². The van der Waals surface area contributed by atoms with E-state index in [0.29, 0.717) is 11.8 Å². The Morgan fingerprint density at radius 1 is 1.27 bits per heavy atom. The van der Waals surface area contributed by atoms with Crippen LogP contribution in [0.25, 0.3) is 0 Å². The van der Waals surface area contributed by atoms with E-state index in [1.165, 1.54) is 25.7 Å². The van der Waals surface area contributed by atoms with Crippen molar-refractivity contribution in [3.05, 3.63) is 17.2 Å². The molecule has 146 valence electrons. The van der Waals surface area contributed by atoms with E-state index in [0.717, 1.165) is 34.8 Å². The van der Waals surface area contributed by atoms with Gasteiger partial charge < -0.3 is 19.3 Å². The highest BCUT2D eigenvalue weighted by Gasteiger charge is 2.39. The van der Waals surface area contributed by atoms with E-state index in [4.69, 9.17) is 14.2 Å². The van der Waals surface area contributed by atoms with Gasteiger partial charge in [0.25, 0.3) is 0 Å². The molecule has 1 N–H and O–H groups in total. The molecule has 26 heavy (non-hydrogen) atoms. The Bertz CT molecular complexity index is 623. The predicted molar refractivity (Wildman–Crippen MR) is 103 cm³/mol. The first-order valence-corrected chi connectivity index (χ1v) is 10.2.